The number of H-pyrrole nitrogens is 1. The van der Waals surface area contributed by atoms with Gasteiger partial charge in [0, 0.05) is 6.20 Å². The van der Waals surface area contributed by atoms with E-state index in [2.05, 4.69) is 4.98 Å². The van der Waals surface area contributed by atoms with E-state index < -0.39 is 0 Å². The van der Waals surface area contributed by atoms with Gasteiger partial charge in [-0.25, -0.2) is 4.79 Å². The lowest BCUT2D eigenvalue weighted by molar-refractivity contribution is 0.0519. The first-order valence-electron chi connectivity index (χ1n) is 4.67. The molecule has 1 aromatic heterocycles. The van der Waals surface area contributed by atoms with Crippen molar-refractivity contribution in [3.8, 4) is 0 Å². The van der Waals surface area contributed by atoms with Gasteiger partial charge in [0.05, 0.1) is 6.61 Å². The lowest BCUT2D eigenvalue weighted by Crippen LogP contribution is -2.07. The van der Waals surface area contributed by atoms with Crippen LogP contribution in [0.1, 0.15) is 41.7 Å². The fraction of sp³-hybridized carbons (Fsp3) is 0.500. The number of carbonyl (C=O) groups is 1. The molecule has 13 heavy (non-hydrogen) atoms. The van der Waals surface area contributed by atoms with Gasteiger partial charge in [0.1, 0.15) is 5.69 Å². The molecule has 1 N–H and O–H groups in total. The highest BCUT2D eigenvalue weighted by molar-refractivity contribution is 5.89. The normalized spacial score (nSPS) is 15.8. The van der Waals surface area contributed by atoms with Crippen molar-refractivity contribution in [2.24, 2.45) is 0 Å². The average Bonchev–Trinajstić information content (AvgIpc) is 2.84. The predicted octanol–water partition coefficient (Wildman–Crippen LogP) is 2.07. The Hall–Kier alpha value is -1.25. The van der Waals surface area contributed by atoms with Crippen molar-refractivity contribution >= 4 is 5.97 Å². The number of hydrogen-bond acceptors (Lipinski definition) is 2. The average molecular weight is 179 g/mol. The Morgan fingerprint density at radius 2 is 2.46 bits per heavy atom. The van der Waals surface area contributed by atoms with Gasteiger partial charge in [-0.3, -0.25) is 0 Å². The highest BCUT2D eigenvalue weighted by Gasteiger charge is 2.29. The number of aromatic amines is 1. The third kappa shape index (κ3) is 1.59. The molecule has 0 amide bonds. The van der Waals surface area contributed by atoms with Gasteiger partial charge in [-0.05, 0) is 37.3 Å². The largest absolute Gasteiger partial charge is 0.461 e. The third-order valence-corrected chi connectivity index (χ3v) is 2.28. The number of esters is 1. The molecule has 1 saturated carbocycles. The first kappa shape index (κ1) is 8.35. The smallest absolute Gasteiger partial charge is 0.355 e. The Labute approximate surface area is 77.1 Å². The van der Waals surface area contributed by atoms with E-state index in [-0.39, 0.29) is 5.97 Å². The molecule has 1 aliphatic carbocycles. The van der Waals surface area contributed by atoms with Gasteiger partial charge >= 0.3 is 5.97 Å². The number of nitrogens with one attached hydrogen (secondary N) is 1. The van der Waals surface area contributed by atoms with Crippen LogP contribution in [0.15, 0.2) is 12.3 Å². The fourth-order valence-electron chi connectivity index (χ4n) is 1.50. The molecular formula is C10H13NO2. The molecule has 1 aliphatic rings. The van der Waals surface area contributed by atoms with Crippen molar-refractivity contribution in [3.05, 3.63) is 23.5 Å². The summed E-state index contributed by atoms with van der Waals surface area (Å²) < 4.78 is 4.93. The van der Waals surface area contributed by atoms with Crippen molar-refractivity contribution < 1.29 is 9.53 Å². The number of aromatic nitrogens is 1. The van der Waals surface area contributed by atoms with E-state index in [1.165, 1.54) is 12.8 Å². The topological polar surface area (TPSA) is 42.1 Å². The van der Waals surface area contributed by atoms with Crippen molar-refractivity contribution in [1.82, 2.24) is 4.98 Å². The van der Waals surface area contributed by atoms with E-state index in [4.69, 9.17) is 4.74 Å². The van der Waals surface area contributed by atoms with Crippen LogP contribution in [0.5, 0.6) is 0 Å². The van der Waals surface area contributed by atoms with Gasteiger partial charge in [-0.2, -0.15) is 0 Å². The molecule has 0 aliphatic heterocycles. The zero-order valence-corrected chi connectivity index (χ0v) is 7.67. The van der Waals surface area contributed by atoms with Crippen LogP contribution in [0, 0.1) is 0 Å². The van der Waals surface area contributed by atoms with Crippen LogP contribution >= 0.6 is 0 Å². The second kappa shape index (κ2) is 3.24. The zero-order chi connectivity index (χ0) is 9.26. The van der Waals surface area contributed by atoms with Crippen LogP contribution in [-0.2, 0) is 4.74 Å². The summed E-state index contributed by atoms with van der Waals surface area (Å²) in [6.07, 6.45) is 4.20. The van der Waals surface area contributed by atoms with E-state index >= 15 is 0 Å². The van der Waals surface area contributed by atoms with Crippen LogP contribution in [-0.4, -0.2) is 17.6 Å². The van der Waals surface area contributed by atoms with Crippen molar-refractivity contribution in [2.75, 3.05) is 6.61 Å². The highest BCUT2D eigenvalue weighted by atomic mass is 16.5. The lowest BCUT2D eigenvalue weighted by atomic mass is 10.1. The van der Waals surface area contributed by atoms with Crippen LogP contribution < -0.4 is 0 Å². The van der Waals surface area contributed by atoms with E-state index in [1.807, 2.05) is 13.0 Å². The number of ether oxygens (including phenoxy) is 1. The lowest BCUT2D eigenvalue weighted by Gasteiger charge is -2.01. The highest BCUT2D eigenvalue weighted by Crippen LogP contribution is 2.41. The maximum atomic E-state index is 11.4. The minimum absolute atomic E-state index is 0.227. The molecule has 1 heterocycles. The molecule has 0 radical (unpaired) electrons. The summed E-state index contributed by atoms with van der Waals surface area (Å²) in [5.74, 6) is 0.361. The molecule has 2 rings (SSSR count). The van der Waals surface area contributed by atoms with Crippen LogP contribution in [0.4, 0.5) is 0 Å². The number of carbonyl (C=O) groups excluding carboxylic acids is 1. The summed E-state index contributed by atoms with van der Waals surface area (Å²) in [5.41, 5.74) is 1.77. The fourth-order valence-corrected chi connectivity index (χ4v) is 1.50. The Bertz CT molecular complexity index is 312. The monoisotopic (exact) mass is 179 g/mol. The quantitative estimate of drug-likeness (QED) is 0.722. The van der Waals surface area contributed by atoms with Crippen molar-refractivity contribution in [1.29, 1.82) is 0 Å². The summed E-state index contributed by atoms with van der Waals surface area (Å²) in [4.78, 5) is 14.3. The Kier molecular flexibility index (Phi) is 2.08. The minimum atomic E-state index is -0.227. The first-order chi connectivity index (χ1) is 6.33. The van der Waals surface area contributed by atoms with Gasteiger partial charge < -0.3 is 9.72 Å². The molecule has 70 valence electrons. The summed E-state index contributed by atoms with van der Waals surface area (Å²) in [5, 5.41) is 0. The zero-order valence-electron chi connectivity index (χ0n) is 7.67. The Balaban J connectivity index is 2.18. The molecule has 1 aromatic rings. The maximum Gasteiger partial charge on any atom is 0.355 e. The summed E-state index contributed by atoms with van der Waals surface area (Å²) >= 11 is 0. The van der Waals surface area contributed by atoms with Crippen LogP contribution in [0.2, 0.25) is 0 Å². The van der Waals surface area contributed by atoms with Gasteiger partial charge in [-0.15, -0.1) is 0 Å². The number of hydrogen-bond donors (Lipinski definition) is 1. The second-order valence-electron chi connectivity index (χ2n) is 3.30. The number of rotatable bonds is 3. The SMILES string of the molecule is CCOC(=O)c1[nH]ccc1C1CC1. The Morgan fingerprint density at radius 1 is 1.69 bits per heavy atom. The Morgan fingerprint density at radius 3 is 3.08 bits per heavy atom. The van der Waals surface area contributed by atoms with E-state index in [0.29, 0.717) is 18.2 Å². The molecule has 3 heteroatoms. The van der Waals surface area contributed by atoms with E-state index in [9.17, 15) is 4.79 Å². The summed E-state index contributed by atoms with van der Waals surface area (Å²) in [6, 6.07) is 1.98. The predicted molar refractivity (Wildman–Crippen MR) is 48.7 cm³/mol. The standard InChI is InChI=1S/C10H13NO2/c1-2-13-10(12)9-8(5-6-11-9)7-3-4-7/h5-7,11H,2-4H2,1H3. The maximum absolute atomic E-state index is 11.4. The van der Waals surface area contributed by atoms with Crippen molar-refractivity contribution in [3.63, 3.8) is 0 Å². The molecule has 0 unspecified atom stereocenters. The van der Waals surface area contributed by atoms with E-state index in [0.717, 1.165) is 5.56 Å². The van der Waals surface area contributed by atoms with Crippen LogP contribution in [0.3, 0.4) is 0 Å². The third-order valence-electron chi connectivity index (χ3n) is 2.28. The summed E-state index contributed by atoms with van der Waals surface area (Å²) in [7, 11) is 0. The van der Waals surface area contributed by atoms with Gasteiger partial charge in [0.25, 0.3) is 0 Å². The first-order valence-corrected chi connectivity index (χ1v) is 4.67. The van der Waals surface area contributed by atoms with Crippen molar-refractivity contribution in [2.45, 2.75) is 25.7 Å². The van der Waals surface area contributed by atoms with Gasteiger partial charge in [0.2, 0.25) is 0 Å². The molecule has 0 aromatic carbocycles. The molecule has 0 saturated heterocycles. The summed E-state index contributed by atoms with van der Waals surface area (Å²) in [6.45, 7) is 2.25. The van der Waals surface area contributed by atoms with Crippen LogP contribution in [0.25, 0.3) is 0 Å². The minimum Gasteiger partial charge on any atom is -0.461 e. The molecule has 0 bridgehead atoms. The van der Waals surface area contributed by atoms with Gasteiger partial charge in [0.15, 0.2) is 0 Å². The molecular weight excluding hydrogens is 166 g/mol. The molecule has 3 nitrogen and oxygen atoms in total. The molecule has 0 atom stereocenters. The van der Waals surface area contributed by atoms with E-state index in [1.54, 1.807) is 6.20 Å². The molecule has 1 fully saturated rings. The van der Waals surface area contributed by atoms with Gasteiger partial charge in [-0.1, -0.05) is 0 Å². The molecule has 0 spiro atoms. The second-order valence-corrected chi connectivity index (χ2v) is 3.30.